The summed E-state index contributed by atoms with van der Waals surface area (Å²) in [5, 5.41) is 7.37. The monoisotopic (exact) mass is 367 g/mol. The Kier molecular flexibility index (Phi) is 5.63. The molecule has 5 nitrogen and oxygen atoms in total. The van der Waals surface area contributed by atoms with E-state index in [4.69, 9.17) is 4.74 Å². The van der Waals surface area contributed by atoms with Crippen LogP contribution in [0.4, 0.5) is 5.69 Å². The van der Waals surface area contributed by atoms with Crippen LogP contribution in [0.15, 0.2) is 59.5 Å². The molecule has 1 N–H and O–H groups in total. The molecule has 134 valence electrons. The number of aromatic nitrogens is 2. The number of aryl methyl sites for hydroxylation is 1. The number of nitrogens with zero attached hydrogens (tertiary/aromatic N) is 2. The average molecular weight is 367 g/mol. The predicted octanol–water partition coefficient (Wildman–Crippen LogP) is 4.65. The van der Waals surface area contributed by atoms with Crippen LogP contribution in [-0.2, 0) is 11.3 Å². The third-order valence-electron chi connectivity index (χ3n) is 3.93. The SMILES string of the molecule is CSc1cccc(NC(=O)Cn2nc(C)c(Oc3ccccc3)c2C)c1. The first-order valence-electron chi connectivity index (χ1n) is 8.27. The van der Waals surface area contributed by atoms with Gasteiger partial charge in [0.1, 0.15) is 18.0 Å². The van der Waals surface area contributed by atoms with Gasteiger partial charge in [-0.05, 0) is 50.4 Å². The van der Waals surface area contributed by atoms with Crippen molar-refractivity contribution in [3.63, 3.8) is 0 Å². The molecule has 1 heterocycles. The van der Waals surface area contributed by atoms with E-state index in [2.05, 4.69) is 10.4 Å². The summed E-state index contributed by atoms with van der Waals surface area (Å²) in [5.74, 6) is 1.31. The molecule has 3 aromatic rings. The normalized spacial score (nSPS) is 10.6. The molecular formula is C20H21N3O2S. The third-order valence-corrected chi connectivity index (χ3v) is 4.65. The lowest BCUT2D eigenvalue weighted by molar-refractivity contribution is -0.116. The van der Waals surface area contributed by atoms with Crippen molar-refractivity contribution < 1.29 is 9.53 Å². The lowest BCUT2D eigenvalue weighted by Crippen LogP contribution is -2.20. The Hall–Kier alpha value is -2.73. The summed E-state index contributed by atoms with van der Waals surface area (Å²) in [6, 6.07) is 17.3. The molecule has 0 spiro atoms. The van der Waals surface area contributed by atoms with Crippen molar-refractivity contribution in [3.8, 4) is 11.5 Å². The maximum absolute atomic E-state index is 12.4. The molecule has 1 amide bonds. The number of hydrogen-bond acceptors (Lipinski definition) is 4. The van der Waals surface area contributed by atoms with Crippen molar-refractivity contribution in [2.75, 3.05) is 11.6 Å². The van der Waals surface area contributed by atoms with Crippen LogP contribution < -0.4 is 10.1 Å². The number of anilines is 1. The van der Waals surface area contributed by atoms with E-state index in [1.165, 1.54) is 0 Å². The highest BCUT2D eigenvalue weighted by Crippen LogP contribution is 2.28. The Bertz CT molecular complexity index is 907. The fraction of sp³-hybridized carbons (Fsp3) is 0.200. The lowest BCUT2D eigenvalue weighted by Gasteiger charge is -2.09. The molecule has 0 saturated carbocycles. The van der Waals surface area contributed by atoms with Gasteiger partial charge in [0.25, 0.3) is 0 Å². The first kappa shape index (κ1) is 18.1. The van der Waals surface area contributed by atoms with Crippen molar-refractivity contribution in [2.45, 2.75) is 25.3 Å². The van der Waals surface area contributed by atoms with Crippen LogP contribution in [0.5, 0.6) is 11.5 Å². The average Bonchev–Trinajstić information content (AvgIpc) is 2.90. The van der Waals surface area contributed by atoms with E-state index in [1.54, 1.807) is 16.4 Å². The molecule has 2 aromatic carbocycles. The van der Waals surface area contributed by atoms with E-state index in [9.17, 15) is 4.79 Å². The van der Waals surface area contributed by atoms with E-state index in [0.29, 0.717) is 5.75 Å². The Morgan fingerprint density at radius 1 is 1.15 bits per heavy atom. The van der Waals surface area contributed by atoms with Crippen molar-refractivity contribution in [1.82, 2.24) is 9.78 Å². The summed E-state index contributed by atoms with van der Waals surface area (Å²) in [6.07, 6.45) is 2.01. The van der Waals surface area contributed by atoms with E-state index >= 15 is 0 Å². The van der Waals surface area contributed by atoms with E-state index in [-0.39, 0.29) is 12.5 Å². The molecule has 26 heavy (non-hydrogen) atoms. The summed E-state index contributed by atoms with van der Waals surface area (Å²) in [4.78, 5) is 13.5. The van der Waals surface area contributed by atoms with Crippen LogP contribution in [0.1, 0.15) is 11.4 Å². The zero-order valence-electron chi connectivity index (χ0n) is 15.0. The maximum atomic E-state index is 12.4. The Morgan fingerprint density at radius 2 is 1.92 bits per heavy atom. The quantitative estimate of drug-likeness (QED) is 0.644. The smallest absolute Gasteiger partial charge is 0.246 e. The van der Waals surface area contributed by atoms with Gasteiger partial charge in [-0.15, -0.1) is 11.8 Å². The number of amides is 1. The minimum Gasteiger partial charge on any atom is -0.453 e. The molecule has 6 heteroatoms. The highest BCUT2D eigenvalue weighted by atomic mass is 32.2. The van der Waals surface area contributed by atoms with Gasteiger partial charge in [-0.25, -0.2) is 0 Å². The second-order valence-electron chi connectivity index (χ2n) is 5.85. The zero-order valence-corrected chi connectivity index (χ0v) is 15.8. The van der Waals surface area contributed by atoms with Gasteiger partial charge in [0, 0.05) is 10.6 Å². The number of carbonyl (C=O) groups excluding carboxylic acids is 1. The molecule has 1 aromatic heterocycles. The summed E-state index contributed by atoms with van der Waals surface area (Å²) in [5.41, 5.74) is 2.35. The summed E-state index contributed by atoms with van der Waals surface area (Å²) >= 11 is 1.64. The van der Waals surface area contributed by atoms with Crippen LogP contribution in [0, 0.1) is 13.8 Å². The Morgan fingerprint density at radius 3 is 2.65 bits per heavy atom. The number of hydrogen-bond donors (Lipinski definition) is 1. The van der Waals surface area contributed by atoms with Crippen LogP contribution in [0.25, 0.3) is 0 Å². The molecule has 0 bridgehead atoms. The standard InChI is InChI=1S/C20H21N3O2S/c1-14-20(25-17-9-5-4-6-10-17)15(2)23(22-14)13-19(24)21-16-8-7-11-18(12-16)26-3/h4-12H,13H2,1-3H3,(H,21,24). The van der Waals surface area contributed by atoms with Crippen molar-refractivity contribution in [3.05, 3.63) is 66.0 Å². The highest BCUT2D eigenvalue weighted by Gasteiger charge is 2.16. The number of nitrogens with one attached hydrogen (secondary N) is 1. The van der Waals surface area contributed by atoms with Gasteiger partial charge in [0.15, 0.2) is 5.75 Å². The van der Waals surface area contributed by atoms with Gasteiger partial charge < -0.3 is 10.1 Å². The van der Waals surface area contributed by atoms with Gasteiger partial charge in [-0.1, -0.05) is 24.3 Å². The molecule has 3 rings (SSSR count). The molecule has 0 unspecified atom stereocenters. The molecule has 0 radical (unpaired) electrons. The van der Waals surface area contributed by atoms with Gasteiger partial charge in [-0.2, -0.15) is 5.10 Å². The predicted molar refractivity (Wildman–Crippen MR) is 105 cm³/mol. The minimum atomic E-state index is -0.125. The number of rotatable bonds is 6. The number of para-hydroxylation sites is 1. The van der Waals surface area contributed by atoms with E-state index in [0.717, 1.165) is 27.7 Å². The number of benzene rings is 2. The Labute approximate surface area is 157 Å². The molecule has 0 atom stereocenters. The molecule has 0 fully saturated rings. The molecule has 0 aliphatic heterocycles. The number of ether oxygens (including phenoxy) is 1. The van der Waals surface area contributed by atoms with Crippen LogP contribution in [0.2, 0.25) is 0 Å². The van der Waals surface area contributed by atoms with Crippen LogP contribution in [-0.4, -0.2) is 21.9 Å². The van der Waals surface area contributed by atoms with E-state index in [1.807, 2.05) is 74.7 Å². The van der Waals surface area contributed by atoms with Crippen molar-refractivity contribution in [2.24, 2.45) is 0 Å². The van der Waals surface area contributed by atoms with Crippen LogP contribution in [0.3, 0.4) is 0 Å². The van der Waals surface area contributed by atoms with Crippen molar-refractivity contribution >= 4 is 23.4 Å². The topological polar surface area (TPSA) is 56.2 Å². The van der Waals surface area contributed by atoms with Crippen molar-refractivity contribution in [1.29, 1.82) is 0 Å². The first-order chi connectivity index (χ1) is 12.6. The van der Waals surface area contributed by atoms with E-state index < -0.39 is 0 Å². The summed E-state index contributed by atoms with van der Waals surface area (Å²) in [7, 11) is 0. The third kappa shape index (κ3) is 4.26. The fourth-order valence-electron chi connectivity index (χ4n) is 2.63. The van der Waals surface area contributed by atoms with Gasteiger partial charge >= 0.3 is 0 Å². The van der Waals surface area contributed by atoms with Crippen LogP contribution >= 0.6 is 11.8 Å². The Balaban J connectivity index is 1.71. The minimum absolute atomic E-state index is 0.125. The summed E-state index contributed by atoms with van der Waals surface area (Å²) < 4.78 is 7.60. The second kappa shape index (κ2) is 8.10. The van der Waals surface area contributed by atoms with Gasteiger partial charge in [0.2, 0.25) is 5.91 Å². The molecular weight excluding hydrogens is 346 g/mol. The largest absolute Gasteiger partial charge is 0.453 e. The molecule has 0 aliphatic carbocycles. The second-order valence-corrected chi connectivity index (χ2v) is 6.73. The number of thioether (sulfide) groups is 1. The zero-order chi connectivity index (χ0) is 18.5. The highest BCUT2D eigenvalue weighted by molar-refractivity contribution is 7.98. The fourth-order valence-corrected chi connectivity index (χ4v) is 3.09. The number of carbonyl (C=O) groups is 1. The first-order valence-corrected chi connectivity index (χ1v) is 9.50. The summed E-state index contributed by atoms with van der Waals surface area (Å²) in [6.45, 7) is 3.91. The van der Waals surface area contributed by atoms with Gasteiger partial charge in [0.05, 0.1) is 5.69 Å². The molecule has 0 saturated heterocycles. The maximum Gasteiger partial charge on any atom is 0.246 e. The molecule has 0 aliphatic rings. The van der Waals surface area contributed by atoms with Gasteiger partial charge in [-0.3, -0.25) is 9.48 Å². The lowest BCUT2D eigenvalue weighted by atomic mass is 10.3.